The highest BCUT2D eigenvalue weighted by Gasteiger charge is 2.27. The average Bonchev–Trinajstić information content (AvgIpc) is 3.34. The van der Waals surface area contributed by atoms with Crippen LogP contribution in [0, 0.1) is 0 Å². The minimum atomic E-state index is -4.05. The smallest absolute Gasteiger partial charge is 0.258 e. The Labute approximate surface area is 184 Å². The summed E-state index contributed by atoms with van der Waals surface area (Å²) in [6.45, 7) is 3.39. The third kappa shape index (κ3) is 5.75. The summed E-state index contributed by atoms with van der Waals surface area (Å²) in [4.78, 5) is 11.8. The Morgan fingerprint density at radius 3 is 2.50 bits per heavy atom. The molecule has 0 fully saturated rings. The van der Waals surface area contributed by atoms with Crippen molar-refractivity contribution in [1.82, 2.24) is 30.0 Å². The van der Waals surface area contributed by atoms with E-state index in [1.165, 1.54) is 28.6 Å². The molecular formula is C20H22N6O5S. The number of carbonyl (C=O) groups excluding carboxylic acids is 1. The molecule has 2 N–H and O–H groups in total. The molecule has 0 radical (unpaired) electrons. The Hall–Kier alpha value is -3.61. The second-order valence-corrected chi connectivity index (χ2v) is 8.56. The maximum atomic E-state index is 13.2. The summed E-state index contributed by atoms with van der Waals surface area (Å²) < 4.78 is 34.3. The van der Waals surface area contributed by atoms with Crippen LogP contribution in [0.25, 0.3) is 5.69 Å². The first-order valence-corrected chi connectivity index (χ1v) is 11.0. The number of amides is 1. The van der Waals surface area contributed by atoms with Gasteiger partial charge in [0, 0.05) is 6.54 Å². The number of benzene rings is 2. The molecule has 32 heavy (non-hydrogen) atoms. The Balaban J connectivity index is 1.80. The van der Waals surface area contributed by atoms with E-state index in [0.717, 1.165) is 4.31 Å². The molecule has 0 saturated heterocycles. The van der Waals surface area contributed by atoms with E-state index in [9.17, 15) is 13.2 Å². The van der Waals surface area contributed by atoms with E-state index in [0.29, 0.717) is 30.0 Å². The second-order valence-electron chi connectivity index (χ2n) is 6.63. The molecule has 0 aliphatic rings. The fourth-order valence-electron chi connectivity index (χ4n) is 2.78. The molecule has 0 saturated carbocycles. The molecule has 0 bridgehead atoms. The maximum Gasteiger partial charge on any atom is 0.258 e. The number of sulfonamides is 1. The fraction of sp³-hybridized carbons (Fsp3) is 0.200. The van der Waals surface area contributed by atoms with E-state index in [4.69, 9.17) is 9.94 Å². The number of nitrogens with one attached hydrogen (secondary N) is 1. The first-order valence-electron chi connectivity index (χ1n) is 9.53. The molecule has 1 aromatic heterocycles. The largest absolute Gasteiger partial charge is 0.493 e. The summed E-state index contributed by atoms with van der Waals surface area (Å²) >= 11 is 0. The lowest BCUT2D eigenvalue weighted by atomic mass is 10.2. The SMILES string of the molecule is C=CCCOc1ccc(S(=O)(=O)N(CC(=O)NO)Cc2ccc(-n3cnnn3)cc2)cc1. The van der Waals surface area contributed by atoms with Crippen molar-refractivity contribution in [3.8, 4) is 11.4 Å². The number of hydrogen-bond acceptors (Lipinski definition) is 8. The van der Waals surface area contributed by atoms with Crippen molar-refractivity contribution in [2.45, 2.75) is 17.9 Å². The first-order chi connectivity index (χ1) is 15.4. The number of hydroxylamine groups is 1. The summed E-state index contributed by atoms with van der Waals surface area (Å²) in [6.07, 6.45) is 3.82. The van der Waals surface area contributed by atoms with Gasteiger partial charge < -0.3 is 4.74 Å². The summed E-state index contributed by atoms with van der Waals surface area (Å²) in [6, 6.07) is 12.7. The lowest BCUT2D eigenvalue weighted by Gasteiger charge is -2.21. The molecule has 1 heterocycles. The average molecular weight is 459 g/mol. The van der Waals surface area contributed by atoms with Crippen LogP contribution < -0.4 is 10.2 Å². The number of rotatable bonds is 11. The molecule has 0 aliphatic heterocycles. The minimum absolute atomic E-state index is 0.00961. The Bertz CT molecular complexity index is 1130. The molecule has 168 valence electrons. The van der Waals surface area contributed by atoms with Crippen LogP contribution in [0.5, 0.6) is 5.75 Å². The van der Waals surface area contributed by atoms with Gasteiger partial charge >= 0.3 is 0 Å². The van der Waals surface area contributed by atoms with Crippen molar-refractivity contribution in [2.75, 3.05) is 13.2 Å². The number of aromatic nitrogens is 4. The highest BCUT2D eigenvalue weighted by molar-refractivity contribution is 7.89. The third-order valence-corrected chi connectivity index (χ3v) is 6.21. The van der Waals surface area contributed by atoms with Crippen LogP contribution in [0.1, 0.15) is 12.0 Å². The van der Waals surface area contributed by atoms with Crippen molar-refractivity contribution in [1.29, 1.82) is 0 Å². The zero-order valence-corrected chi connectivity index (χ0v) is 17.9. The van der Waals surface area contributed by atoms with Crippen molar-refractivity contribution in [3.05, 3.63) is 73.1 Å². The summed E-state index contributed by atoms with van der Waals surface area (Å²) in [5.41, 5.74) is 2.79. The summed E-state index contributed by atoms with van der Waals surface area (Å²) in [7, 11) is -4.05. The van der Waals surface area contributed by atoms with Gasteiger partial charge in [-0.25, -0.2) is 18.6 Å². The summed E-state index contributed by atoms with van der Waals surface area (Å²) in [5, 5.41) is 19.8. The molecule has 0 atom stereocenters. The van der Waals surface area contributed by atoms with Gasteiger partial charge in [0.25, 0.3) is 5.91 Å². The molecule has 3 aromatic rings. The number of tetrazole rings is 1. The zero-order chi connectivity index (χ0) is 23.0. The van der Waals surface area contributed by atoms with E-state index < -0.39 is 22.5 Å². The van der Waals surface area contributed by atoms with E-state index in [2.05, 4.69) is 22.1 Å². The van der Waals surface area contributed by atoms with Gasteiger partial charge in [0.1, 0.15) is 12.1 Å². The standard InChI is InChI=1S/C20H22N6O5S/c1-2-3-12-31-18-8-10-19(11-9-18)32(29,30)25(14-20(27)22-28)13-16-4-6-17(7-5-16)26-15-21-23-24-26/h2,4-11,15,28H,1,3,12-14H2,(H,22,27). The Morgan fingerprint density at radius 2 is 1.91 bits per heavy atom. The predicted octanol–water partition coefficient (Wildman–Crippen LogP) is 1.31. The number of hydrogen-bond donors (Lipinski definition) is 2. The second kappa shape index (κ2) is 10.6. The molecule has 2 aromatic carbocycles. The van der Waals surface area contributed by atoms with Gasteiger partial charge in [-0.05, 0) is 58.8 Å². The van der Waals surface area contributed by atoms with Gasteiger partial charge in [0.2, 0.25) is 10.0 Å². The van der Waals surface area contributed by atoms with Crippen LogP contribution >= 0.6 is 0 Å². The van der Waals surface area contributed by atoms with Gasteiger partial charge in [-0.3, -0.25) is 10.0 Å². The van der Waals surface area contributed by atoms with Crippen LogP contribution in [0.2, 0.25) is 0 Å². The fourth-order valence-corrected chi connectivity index (χ4v) is 4.16. The van der Waals surface area contributed by atoms with Crippen LogP contribution in [0.3, 0.4) is 0 Å². The van der Waals surface area contributed by atoms with E-state index in [1.54, 1.807) is 42.5 Å². The van der Waals surface area contributed by atoms with Crippen molar-refractivity contribution in [2.24, 2.45) is 0 Å². The lowest BCUT2D eigenvalue weighted by Crippen LogP contribution is -2.39. The molecule has 0 unspecified atom stereocenters. The van der Waals surface area contributed by atoms with Crippen LogP contribution in [-0.2, 0) is 21.4 Å². The molecule has 1 amide bonds. The third-order valence-electron chi connectivity index (χ3n) is 4.41. The topological polar surface area (TPSA) is 140 Å². The molecule has 3 rings (SSSR count). The van der Waals surface area contributed by atoms with Crippen LogP contribution in [0.15, 0.2) is 72.4 Å². The van der Waals surface area contributed by atoms with Gasteiger partial charge in [-0.1, -0.05) is 18.2 Å². The van der Waals surface area contributed by atoms with Gasteiger partial charge in [-0.2, -0.15) is 4.31 Å². The van der Waals surface area contributed by atoms with Gasteiger partial charge in [0.15, 0.2) is 0 Å². The van der Waals surface area contributed by atoms with Gasteiger partial charge in [-0.15, -0.1) is 11.7 Å². The lowest BCUT2D eigenvalue weighted by molar-refractivity contribution is -0.129. The van der Waals surface area contributed by atoms with E-state index >= 15 is 0 Å². The Morgan fingerprint density at radius 1 is 1.19 bits per heavy atom. The maximum absolute atomic E-state index is 13.2. The van der Waals surface area contributed by atoms with Crippen molar-refractivity contribution in [3.63, 3.8) is 0 Å². The molecule has 0 aliphatic carbocycles. The zero-order valence-electron chi connectivity index (χ0n) is 17.0. The molecule has 12 heteroatoms. The number of ether oxygens (including phenoxy) is 1. The first kappa shape index (κ1) is 23.1. The van der Waals surface area contributed by atoms with E-state index in [-0.39, 0.29) is 11.4 Å². The van der Waals surface area contributed by atoms with Crippen LogP contribution in [-0.4, -0.2) is 57.2 Å². The van der Waals surface area contributed by atoms with Crippen molar-refractivity contribution < 1.29 is 23.2 Å². The number of carbonyl (C=O) groups is 1. The minimum Gasteiger partial charge on any atom is -0.493 e. The number of nitrogens with zero attached hydrogens (tertiary/aromatic N) is 5. The normalized spacial score (nSPS) is 11.3. The van der Waals surface area contributed by atoms with Gasteiger partial charge in [0.05, 0.1) is 23.7 Å². The highest BCUT2D eigenvalue weighted by atomic mass is 32.2. The summed E-state index contributed by atoms with van der Waals surface area (Å²) in [5.74, 6) is -0.341. The Kier molecular flexibility index (Phi) is 7.65. The predicted molar refractivity (Wildman–Crippen MR) is 113 cm³/mol. The van der Waals surface area contributed by atoms with E-state index in [1.807, 2.05) is 0 Å². The molecule has 11 nitrogen and oxygen atoms in total. The van der Waals surface area contributed by atoms with Crippen molar-refractivity contribution >= 4 is 15.9 Å². The molecule has 0 spiro atoms. The monoisotopic (exact) mass is 458 g/mol. The molecular weight excluding hydrogens is 436 g/mol. The van der Waals surface area contributed by atoms with Crippen LogP contribution in [0.4, 0.5) is 0 Å². The highest BCUT2D eigenvalue weighted by Crippen LogP contribution is 2.22. The quantitative estimate of drug-likeness (QED) is 0.190.